The zero-order chi connectivity index (χ0) is 18.4. The van der Waals surface area contributed by atoms with E-state index in [0.717, 1.165) is 6.07 Å². The highest BCUT2D eigenvalue weighted by Crippen LogP contribution is 2.24. The molecule has 0 radical (unpaired) electrons. The maximum absolute atomic E-state index is 12.2. The highest BCUT2D eigenvalue weighted by atomic mass is 16.6. The van der Waals surface area contributed by atoms with E-state index in [1.165, 1.54) is 12.1 Å². The van der Waals surface area contributed by atoms with Crippen LogP contribution in [0.4, 0.5) is 11.4 Å². The molecular formula is C16H23N3O5. The summed E-state index contributed by atoms with van der Waals surface area (Å²) in [6.07, 6.45) is 0. The fourth-order valence-corrected chi connectivity index (χ4v) is 1.86. The number of carbonyl (C=O) groups excluding carboxylic acids is 2. The second-order valence-electron chi connectivity index (χ2n) is 6.03. The van der Waals surface area contributed by atoms with Gasteiger partial charge in [-0.3, -0.25) is 14.9 Å². The van der Waals surface area contributed by atoms with Crippen LogP contribution in [0.5, 0.6) is 0 Å². The lowest BCUT2D eigenvalue weighted by Gasteiger charge is -2.18. The van der Waals surface area contributed by atoms with Crippen LogP contribution < -0.4 is 10.2 Å². The highest BCUT2D eigenvalue weighted by Gasteiger charge is 2.20. The quantitative estimate of drug-likeness (QED) is 0.464. The van der Waals surface area contributed by atoms with Crippen molar-refractivity contribution in [2.24, 2.45) is 5.92 Å². The van der Waals surface area contributed by atoms with Gasteiger partial charge in [-0.05, 0) is 18.9 Å². The van der Waals surface area contributed by atoms with Crippen molar-refractivity contribution >= 4 is 23.3 Å². The molecule has 0 aliphatic heterocycles. The standard InChI is InChI=1S/C16H23N3O5/c1-10(2)11(3)17-15(20)9-24-16(21)13-8-12(19(22)23)6-7-14(13)18(4)5/h6-8,10-11H,9H2,1-5H3,(H,17,20)/t11-/m0/s1. The second kappa shape index (κ2) is 8.28. The number of hydrogen-bond donors (Lipinski definition) is 1. The molecule has 0 aliphatic carbocycles. The van der Waals surface area contributed by atoms with Crippen LogP contribution in [-0.4, -0.2) is 43.5 Å². The zero-order valence-electron chi connectivity index (χ0n) is 14.5. The summed E-state index contributed by atoms with van der Waals surface area (Å²) in [5, 5.41) is 13.6. The van der Waals surface area contributed by atoms with Gasteiger partial charge in [0.05, 0.1) is 16.2 Å². The van der Waals surface area contributed by atoms with Crippen molar-refractivity contribution in [3.63, 3.8) is 0 Å². The first-order valence-corrected chi connectivity index (χ1v) is 7.55. The van der Waals surface area contributed by atoms with Crippen molar-refractivity contribution in [1.29, 1.82) is 0 Å². The number of esters is 1. The number of benzene rings is 1. The number of nitro groups is 1. The molecule has 0 unspecified atom stereocenters. The third-order valence-corrected chi connectivity index (χ3v) is 3.62. The Kier molecular flexibility index (Phi) is 6.69. The minimum Gasteiger partial charge on any atom is -0.452 e. The van der Waals surface area contributed by atoms with E-state index in [9.17, 15) is 19.7 Å². The van der Waals surface area contributed by atoms with Crippen LogP contribution in [0.3, 0.4) is 0 Å². The average molecular weight is 337 g/mol. The molecule has 8 nitrogen and oxygen atoms in total. The molecular weight excluding hydrogens is 314 g/mol. The lowest BCUT2D eigenvalue weighted by atomic mass is 10.1. The molecule has 1 aromatic carbocycles. The summed E-state index contributed by atoms with van der Waals surface area (Å²) in [4.78, 5) is 35.9. The van der Waals surface area contributed by atoms with Gasteiger partial charge in [-0.15, -0.1) is 0 Å². The summed E-state index contributed by atoms with van der Waals surface area (Å²) in [6, 6.07) is 3.87. The fourth-order valence-electron chi connectivity index (χ4n) is 1.86. The van der Waals surface area contributed by atoms with Crippen LogP contribution in [0.1, 0.15) is 31.1 Å². The summed E-state index contributed by atoms with van der Waals surface area (Å²) >= 11 is 0. The number of anilines is 1. The minimum atomic E-state index is -0.783. The first kappa shape index (κ1) is 19.4. The Morgan fingerprint density at radius 1 is 1.29 bits per heavy atom. The van der Waals surface area contributed by atoms with Gasteiger partial charge in [0.2, 0.25) is 0 Å². The van der Waals surface area contributed by atoms with Gasteiger partial charge in [-0.25, -0.2) is 4.79 Å². The maximum Gasteiger partial charge on any atom is 0.341 e. The van der Waals surface area contributed by atoms with Gasteiger partial charge >= 0.3 is 5.97 Å². The van der Waals surface area contributed by atoms with Gasteiger partial charge in [0.25, 0.3) is 11.6 Å². The monoisotopic (exact) mass is 337 g/mol. The van der Waals surface area contributed by atoms with Crippen molar-refractivity contribution in [1.82, 2.24) is 5.32 Å². The number of carbonyl (C=O) groups is 2. The number of nitrogens with zero attached hydrogens (tertiary/aromatic N) is 2. The van der Waals surface area contributed by atoms with E-state index >= 15 is 0 Å². The number of nitro benzene ring substituents is 1. The Labute approximate surface area is 140 Å². The first-order chi connectivity index (χ1) is 11.1. The van der Waals surface area contributed by atoms with E-state index < -0.39 is 23.4 Å². The average Bonchev–Trinajstić information content (AvgIpc) is 2.51. The zero-order valence-corrected chi connectivity index (χ0v) is 14.5. The molecule has 8 heteroatoms. The second-order valence-corrected chi connectivity index (χ2v) is 6.03. The summed E-state index contributed by atoms with van der Waals surface area (Å²) in [5.41, 5.74) is 0.297. The van der Waals surface area contributed by atoms with Gasteiger partial charge in [0, 0.05) is 32.3 Å². The molecule has 0 heterocycles. The van der Waals surface area contributed by atoms with E-state index in [1.54, 1.807) is 19.0 Å². The van der Waals surface area contributed by atoms with Crippen LogP contribution in [0.15, 0.2) is 18.2 Å². The lowest BCUT2D eigenvalue weighted by Crippen LogP contribution is -2.38. The van der Waals surface area contributed by atoms with Gasteiger partial charge in [0.1, 0.15) is 0 Å². The molecule has 1 aromatic rings. The Morgan fingerprint density at radius 2 is 1.92 bits per heavy atom. The van der Waals surface area contributed by atoms with Crippen molar-refractivity contribution in [3.05, 3.63) is 33.9 Å². The molecule has 1 N–H and O–H groups in total. The maximum atomic E-state index is 12.2. The normalized spacial score (nSPS) is 11.8. The third-order valence-electron chi connectivity index (χ3n) is 3.62. The van der Waals surface area contributed by atoms with Crippen LogP contribution in [0, 0.1) is 16.0 Å². The van der Waals surface area contributed by atoms with Gasteiger partial charge in [-0.2, -0.15) is 0 Å². The Bertz CT molecular complexity index is 628. The molecule has 0 saturated heterocycles. The van der Waals surface area contributed by atoms with Crippen LogP contribution in [0.2, 0.25) is 0 Å². The Balaban J connectivity index is 2.85. The third kappa shape index (κ3) is 5.22. The molecule has 0 spiro atoms. The molecule has 0 aliphatic rings. The number of non-ortho nitro benzene ring substituents is 1. The highest BCUT2D eigenvalue weighted by molar-refractivity contribution is 5.97. The SMILES string of the molecule is CC(C)[C@H](C)NC(=O)COC(=O)c1cc([N+](=O)[O-])ccc1N(C)C. The van der Waals surface area contributed by atoms with Gasteiger partial charge in [-0.1, -0.05) is 13.8 Å². The summed E-state index contributed by atoms with van der Waals surface area (Å²) in [5.74, 6) is -0.946. The molecule has 1 atom stereocenters. The predicted octanol–water partition coefficient (Wildman–Crippen LogP) is 1.98. The summed E-state index contributed by atoms with van der Waals surface area (Å²) in [7, 11) is 3.41. The molecule has 1 amide bonds. The van der Waals surface area contributed by atoms with E-state index in [2.05, 4.69) is 5.32 Å². The summed E-state index contributed by atoms with van der Waals surface area (Å²) < 4.78 is 5.00. The predicted molar refractivity (Wildman–Crippen MR) is 90.1 cm³/mol. The van der Waals surface area contributed by atoms with E-state index in [0.29, 0.717) is 5.69 Å². The molecule has 0 bridgehead atoms. The van der Waals surface area contributed by atoms with Crippen molar-refractivity contribution < 1.29 is 19.2 Å². The number of nitrogens with one attached hydrogen (secondary N) is 1. The van der Waals surface area contributed by atoms with Crippen LogP contribution >= 0.6 is 0 Å². The molecule has 0 saturated carbocycles. The van der Waals surface area contributed by atoms with Crippen molar-refractivity contribution in [3.8, 4) is 0 Å². The van der Waals surface area contributed by atoms with Crippen LogP contribution in [-0.2, 0) is 9.53 Å². The number of ether oxygens (including phenoxy) is 1. The van der Waals surface area contributed by atoms with Crippen molar-refractivity contribution in [2.75, 3.05) is 25.6 Å². The first-order valence-electron chi connectivity index (χ1n) is 7.55. The molecule has 24 heavy (non-hydrogen) atoms. The fraction of sp³-hybridized carbons (Fsp3) is 0.500. The summed E-state index contributed by atoms with van der Waals surface area (Å²) in [6.45, 7) is 5.34. The topological polar surface area (TPSA) is 102 Å². The van der Waals surface area contributed by atoms with Gasteiger partial charge < -0.3 is 15.0 Å². The van der Waals surface area contributed by atoms with Crippen molar-refractivity contribution in [2.45, 2.75) is 26.8 Å². The smallest absolute Gasteiger partial charge is 0.341 e. The number of hydrogen-bond acceptors (Lipinski definition) is 6. The number of rotatable bonds is 7. The van der Waals surface area contributed by atoms with E-state index in [-0.39, 0.29) is 23.2 Å². The number of amides is 1. The van der Waals surface area contributed by atoms with Crippen LogP contribution in [0.25, 0.3) is 0 Å². The van der Waals surface area contributed by atoms with Gasteiger partial charge in [0.15, 0.2) is 6.61 Å². The Morgan fingerprint density at radius 3 is 2.42 bits per heavy atom. The molecule has 1 rings (SSSR count). The van der Waals surface area contributed by atoms with E-state index in [4.69, 9.17) is 4.74 Å². The lowest BCUT2D eigenvalue weighted by molar-refractivity contribution is -0.384. The molecule has 0 aromatic heterocycles. The molecule has 132 valence electrons. The Hall–Kier alpha value is -2.64. The minimum absolute atomic E-state index is 0.0407. The van der Waals surface area contributed by atoms with E-state index in [1.807, 2.05) is 20.8 Å². The largest absolute Gasteiger partial charge is 0.452 e. The molecule has 0 fully saturated rings.